The number of rotatable bonds is 12. The number of nitrogens with zero attached hydrogens (tertiary/aromatic N) is 2. The zero-order valence-electron chi connectivity index (χ0n) is 23.9. The molecule has 2 aromatic carbocycles. The first-order valence-electron chi connectivity index (χ1n) is 14.6. The average molecular weight is 577 g/mol. The number of amides is 2. The Bertz CT molecular complexity index is 1340. The molecule has 2 aromatic rings. The molecule has 41 heavy (non-hydrogen) atoms. The highest BCUT2D eigenvalue weighted by Gasteiger charge is 2.75. The lowest BCUT2D eigenvalue weighted by Gasteiger charge is -2.40. The smallest absolute Gasteiger partial charge is 0.310 e. The fraction of sp³-hybridized carbons (Fsp3) is 0.485. The topological polar surface area (TPSA) is 87.2 Å². The Balaban J connectivity index is 1.55. The van der Waals surface area contributed by atoms with Crippen LogP contribution in [-0.2, 0) is 19.1 Å². The molecule has 3 aliphatic rings. The molecule has 1 N–H and O–H groups in total. The van der Waals surface area contributed by atoms with Gasteiger partial charge in [0.25, 0.3) is 5.91 Å². The second kappa shape index (κ2) is 12.0. The second-order valence-corrected chi connectivity index (χ2v) is 13.3. The van der Waals surface area contributed by atoms with E-state index in [1.807, 2.05) is 56.3 Å². The van der Waals surface area contributed by atoms with Crippen LogP contribution < -0.4 is 4.90 Å². The van der Waals surface area contributed by atoms with Gasteiger partial charge >= 0.3 is 5.97 Å². The number of carbonyl (C=O) groups is 3. The molecule has 3 aliphatic heterocycles. The van der Waals surface area contributed by atoms with Gasteiger partial charge in [-0.05, 0) is 54.5 Å². The molecule has 7 nitrogen and oxygen atoms in total. The molecule has 0 saturated carbocycles. The number of esters is 1. The zero-order chi connectivity index (χ0) is 29.3. The highest BCUT2D eigenvalue weighted by Crippen LogP contribution is 2.67. The minimum atomic E-state index is -0.820. The summed E-state index contributed by atoms with van der Waals surface area (Å²) in [4.78, 5) is 45.9. The molecular weight excluding hydrogens is 536 g/mol. The van der Waals surface area contributed by atoms with Gasteiger partial charge in [-0.25, -0.2) is 0 Å². The molecule has 2 amide bonds. The van der Waals surface area contributed by atoms with Crippen molar-refractivity contribution in [1.29, 1.82) is 0 Å². The van der Waals surface area contributed by atoms with Gasteiger partial charge in [-0.15, -0.1) is 24.9 Å². The van der Waals surface area contributed by atoms with Crippen LogP contribution in [0.5, 0.6) is 0 Å². The fourth-order valence-corrected chi connectivity index (χ4v) is 9.24. The molecule has 0 aromatic heterocycles. The summed E-state index contributed by atoms with van der Waals surface area (Å²) in [6.07, 6.45) is 6.30. The number of hydrogen-bond acceptors (Lipinski definition) is 6. The van der Waals surface area contributed by atoms with E-state index in [9.17, 15) is 19.5 Å². The Hall–Kier alpha value is -3.10. The molecule has 2 bridgehead atoms. The van der Waals surface area contributed by atoms with Gasteiger partial charge in [0, 0.05) is 17.5 Å². The first-order chi connectivity index (χ1) is 19.8. The third-order valence-electron chi connectivity index (χ3n) is 8.98. The van der Waals surface area contributed by atoms with Crippen LogP contribution in [-0.4, -0.2) is 69.6 Å². The number of thioether (sulfide) groups is 1. The molecule has 3 fully saturated rings. The molecule has 5 rings (SSSR count). The van der Waals surface area contributed by atoms with E-state index in [2.05, 4.69) is 13.2 Å². The average Bonchev–Trinajstić information content (AvgIpc) is 3.61. The number of carbonyl (C=O) groups excluding carboxylic acids is 3. The number of benzene rings is 2. The van der Waals surface area contributed by atoms with Crippen LogP contribution in [0.15, 0.2) is 67.8 Å². The number of unbranched alkanes of at least 4 members (excludes halogenated alkanes) is 1. The van der Waals surface area contributed by atoms with Gasteiger partial charge in [0.2, 0.25) is 5.91 Å². The Morgan fingerprint density at radius 2 is 1.95 bits per heavy atom. The lowest BCUT2D eigenvalue weighted by molar-refractivity contribution is -0.154. The van der Waals surface area contributed by atoms with E-state index in [4.69, 9.17) is 4.74 Å². The number of allylic oxidation sites excluding steroid dienone is 1. The number of likely N-dealkylation sites (tertiary alicyclic amines) is 1. The lowest BCUT2D eigenvalue weighted by atomic mass is 9.71. The van der Waals surface area contributed by atoms with Gasteiger partial charge in [-0.2, -0.15) is 0 Å². The number of aliphatic hydroxyl groups is 1. The van der Waals surface area contributed by atoms with Crippen molar-refractivity contribution in [1.82, 2.24) is 4.90 Å². The summed E-state index contributed by atoms with van der Waals surface area (Å²) in [5, 5.41) is 12.5. The summed E-state index contributed by atoms with van der Waals surface area (Å²) < 4.78 is 4.90. The van der Waals surface area contributed by atoms with Crippen molar-refractivity contribution in [2.45, 2.75) is 61.6 Å². The summed E-state index contributed by atoms with van der Waals surface area (Å²) in [5.74, 6) is -2.15. The largest absolute Gasteiger partial charge is 0.465 e. The Morgan fingerprint density at radius 1 is 1.20 bits per heavy atom. The number of hydrogen-bond donors (Lipinski definition) is 1. The molecule has 218 valence electrons. The zero-order valence-corrected chi connectivity index (χ0v) is 24.7. The minimum absolute atomic E-state index is 0.0755. The summed E-state index contributed by atoms with van der Waals surface area (Å²) in [7, 11) is 0. The van der Waals surface area contributed by atoms with E-state index in [0.29, 0.717) is 12.8 Å². The standard InChI is InChI=1S/C33H40N2O5S/c1-5-7-10-18-40-32(39)27-26-15-16-33(41-26)28(27)30(37)35(25(20-36)21(3)4)29(33)31(38)34(17-6-2)24-14-13-22-11-8-9-12-23(22)19-24/h5-6,8-9,11-14,19,21,25-29,36H,1-2,7,10,15-18,20H2,3-4H3/t25-,26-,27+,28-,29?,33?/m0/s1. The highest BCUT2D eigenvalue weighted by atomic mass is 32.2. The Labute approximate surface area is 246 Å². The van der Waals surface area contributed by atoms with E-state index in [0.717, 1.165) is 29.3 Å². The van der Waals surface area contributed by atoms with Crippen molar-refractivity contribution in [3.05, 3.63) is 67.8 Å². The van der Waals surface area contributed by atoms with Crippen LogP contribution in [0, 0.1) is 17.8 Å². The van der Waals surface area contributed by atoms with Crippen LogP contribution in [0.3, 0.4) is 0 Å². The maximum Gasteiger partial charge on any atom is 0.310 e. The van der Waals surface area contributed by atoms with E-state index in [-0.39, 0.29) is 48.7 Å². The van der Waals surface area contributed by atoms with E-state index in [1.165, 1.54) is 0 Å². The molecule has 2 unspecified atom stereocenters. The van der Waals surface area contributed by atoms with Gasteiger partial charge in [0.15, 0.2) is 0 Å². The van der Waals surface area contributed by atoms with Crippen LogP contribution in [0.2, 0.25) is 0 Å². The molecule has 6 atom stereocenters. The molecule has 1 spiro atoms. The highest BCUT2D eigenvalue weighted by molar-refractivity contribution is 8.02. The van der Waals surface area contributed by atoms with Crippen LogP contribution in [0.4, 0.5) is 5.69 Å². The Kier molecular flexibility index (Phi) is 8.62. The number of aliphatic hydroxyl groups excluding tert-OH is 1. The molecule has 3 heterocycles. The van der Waals surface area contributed by atoms with Gasteiger partial charge in [0.05, 0.1) is 35.8 Å². The monoisotopic (exact) mass is 576 g/mol. The molecule has 3 saturated heterocycles. The normalized spacial score (nSPS) is 27.2. The van der Waals surface area contributed by atoms with Crippen molar-refractivity contribution in [2.24, 2.45) is 17.8 Å². The number of fused-ring (bicyclic) bond motifs is 2. The maximum atomic E-state index is 14.8. The van der Waals surface area contributed by atoms with Crippen molar-refractivity contribution in [3.8, 4) is 0 Å². The summed E-state index contributed by atoms with van der Waals surface area (Å²) in [6.45, 7) is 11.8. The second-order valence-electron chi connectivity index (χ2n) is 11.7. The number of ether oxygens (including phenoxy) is 1. The van der Waals surface area contributed by atoms with Gasteiger partial charge < -0.3 is 19.6 Å². The van der Waals surface area contributed by atoms with E-state index in [1.54, 1.807) is 33.7 Å². The first kappa shape index (κ1) is 29.4. The summed E-state index contributed by atoms with van der Waals surface area (Å²) in [6, 6.07) is 12.5. The van der Waals surface area contributed by atoms with E-state index >= 15 is 0 Å². The minimum Gasteiger partial charge on any atom is -0.465 e. The number of anilines is 1. The van der Waals surface area contributed by atoms with Crippen LogP contribution in [0.1, 0.15) is 39.5 Å². The van der Waals surface area contributed by atoms with Gasteiger partial charge in [-0.1, -0.05) is 56.3 Å². The van der Waals surface area contributed by atoms with Gasteiger partial charge in [-0.3, -0.25) is 14.4 Å². The quantitative estimate of drug-likeness (QED) is 0.218. The van der Waals surface area contributed by atoms with Crippen molar-refractivity contribution in [3.63, 3.8) is 0 Å². The summed E-state index contributed by atoms with van der Waals surface area (Å²) in [5.41, 5.74) is 0.724. The predicted octanol–water partition coefficient (Wildman–Crippen LogP) is 4.98. The van der Waals surface area contributed by atoms with Crippen LogP contribution in [0.25, 0.3) is 10.8 Å². The Morgan fingerprint density at radius 3 is 2.63 bits per heavy atom. The molecule has 0 radical (unpaired) electrons. The van der Waals surface area contributed by atoms with Crippen molar-refractivity contribution < 1.29 is 24.2 Å². The molecule has 0 aliphatic carbocycles. The van der Waals surface area contributed by atoms with Crippen molar-refractivity contribution >= 4 is 46.0 Å². The SMILES string of the molecule is C=CCCCOC(=O)[C@@H]1[C@@H]2CCC3(S2)C(C(=O)N(CC=C)c2ccc4ccccc4c2)N([C@@H](CO)C(C)C)C(=O)[C@H]13. The lowest BCUT2D eigenvalue weighted by Crippen LogP contribution is -2.58. The molecular formula is C33H40N2O5S. The third kappa shape index (κ3) is 4.99. The predicted molar refractivity (Wildman–Crippen MR) is 164 cm³/mol. The van der Waals surface area contributed by atoms with Crippen molar-refractivity contribution in [2.75, 3.05) is 24.7 Å². The third-order valence-corrected chi connectivity index (χ3v) is 10.9. The first-order valence-corrected chi connectivity index (χ1v) is 15.5. The van der Waals surface area contributed by atoms with Gasteiger partial charge in [0.1, 0.15) is 6.04 Å². The van der Waals surface area contributed by atoms with E-state index < -0.39 is 28.7 Å². The molecule has 8 heteroatoms. The maximum absolute atomic E-state index is 14.8. The fourth-order valence-electron chi connectivity index (χ4n) is 7.06. The summed E-state index contributed by atoms with van der Waals surface area (Å²) >= 11 is 1.61. The van der Waals surface area contributed by atoms with Crippen LogP contribution >= 0.6 is 11.8 Å².